The number of hydrogen-bond acceptors (Lipinski definition) is 4. The molecule has 0 aliphatic rings. The number of benzene rings is 1. The number of aromatic nitrogens is 2. The number of aryl methyl sites for hydroxylation is 2. The molecule has 0 spiro atoms. The van der Waals surface area contributed by atoms with Crippen LogP contribution in [0.25, 0.3) is 0 Å². The van der Waals surface area contributed by atoms with E-state index in [4.69, 9.17) is 0 Å². The Balaban J connectivity index is 1.89. The van der Waals surface area contributed by atoms with Gasteiger partial charge in [0.25, 0.3) is 0 Å². The Bertz CT molecular complexity index is 575. The largest absolute Gasteiger partial charge is 0.316 e. The minimum Gasteiger partial charge on any atom is -0.316 e. The first-order valence-corrected chi connectivity index (χ1v) is 8.44. The van der Waals surface area contributed by atoms with E-state index in [1.165, 1.54) is 16.7 Å². The van der Waals surface area contributed by atoms with Crippen LogP contribution in [0.1, 0.15) is 40.6 Å². The van der Waals surface area contributed by atoms with Crippen molar-refractivity contribution in [2.75, 3.05) is 13.1 Å². The molecule has 0 amide bonds. The van der Waals surface area contributed by atoms with Gasteiger partial charge in [0.1, 0.15) is 10.0 Å². The normalized spacial score (nSPS) is 11.3. The highest BCUT2D eigenvalue weighted by molar-refractivity contribution is 7.11. The highest BCUT2D eigenvalue weighted by Gasteiger charge is 2.07. The zero-order valence-electron chi connectivity index (χ0n) is 13.4. The summed E-state index contributed by atoms with van der Waals surface area (Å²) in [5, 5.41) is 14.3. The molecular formula is C17H25N3S. The van der Waals surface area contributed by atoms with Gasteiger partial charge in [0.15, 0.2) is 0 Å². The molecule has 0 atom stereocenters. The van der Waals surface area contributed by atoms with Crippen molar-refractivity contribution in [2.45, 2.75) is 40.5 Å². The lowest BCUT2D eigenvalue weighted by Crippen LogP contribution is -2.22. The number of nitrogens with zero attached hydrogens (tertiary/aromatic N) is 2. The molecule has 0 radical (unpaired) electrons. The summed E-state index contributed by atoms with van der Waals surface area (Å²) < 4.78 is 0. The zero-order valence-corrected chi connectivity index (χ0v) is 14.3. The van der Waals surface area contributed by atoms with Gasteiger partial charge in [-0.2, -0.15) is 0 Å². The Kier molecular flexibility index (Phi) is 5.88. The molecule has 21 heavy (non-hydrogen) atoms. The topological polar surface area (TPSA) is 37.8 Å². The van der Waals surface area contributed by atoms with Crippen LogP contribution < -0.4 is 5.32 Å². The molecule has 0 fully saturated rings. The second kappa shape index (κ2) is 7.66. The van der Waals surface area contributed by atoms with Crippen molar-refractivity contribution in [1.29, 1.82) is 0 Å². The summed E-state index contributed by atoms with van der Waals surface area (Å²) in [7, 11) is 0. The summed E-state index contributed by atoms with van der Waals surface area (Å²) in [5.41, 5.74) is 3.99. The van der Waals surface area contributed by atoms with Crippen LogP contribution in [0.2, 0.25) is 0 Å². The van der Waals surface area contributed by atoms with Crippen molar-refractivity contribution >= 4 is 11.3 Å². The third-order valence-corrected chi connectivity index (χ3v) is 4.41. The van der Waals surface area contributed by atoms with Gasteiger partial charge in [-0.05, 0) is 37.4 Å². The van der Waals surface area contributed by atoms with Gasteiger partial charge < -0.3 is 5.32 Å². The minimum atomic E-state index is 0.694. The van der Waals surface area contributed by atoms with E-state index >= 15 is 0 Å². The molecule has 0 aliphatic carbocycles. The van der Waals surface area contributed by atoms with Gasteiger partial charge in [0, 0.05) is 19.4 Å². The van der Waals surface area contributed by atoms with E-state index in [9.17, 15) is 0 Å². The fourth-order valence-corrected chi connectivity index (χ4v) is 3.07. The maximum Gasteiger partial charge on any atom is 0.121 e. The quantitative estimate of drug-likeness (QED) is 0.795. The molecule has 2 aromatic rings. The summed E-state index contributed by atoms with van der Waals surface area (Å²) in [6.07, 6.45) is 1.86. The SMILES string of the molecule is Cc1ccc(C)c(Cc2nnc(CCNCC(C)C)s2)c1. The van der Waals surface area contributed by atoms with Crippen molar-refractivity contribution in [3.63, 3.8) is 0 Å². The maximum atomic E-state index is 4.34. The van der Waals surface area contributed by atoms with Crippen molar-refractivity contribution < 1.29 is 0 Å². The number of rotatable bonds is 7. The standard InChI is InChI=1S/C17H25N3S/c1-12(2)11-18-8-7-16-19-20-17(21-16)10-15-9-13(3)5-6-14(15)4/h5-6,9,12,18H,7-8,10-11H2,1-4H3. The Hall–Kier alpha value is -1.26. The van der Waals surface area contributed by atoms with E-state index in [0.29, 0.717) is 5.92 Å². The predicted molar refractivity (Wildman–Crippen MR) is 90.0 cm³/mol. The molecule has 4 heteroatoms. The fraction of sp³-hybridized carbons (Fsp3) is 0.529. The van der Waals surface area contributed by atoms with Crippen molar-refractivity contribution in [3.8, 4) is 0 Å². The summed E-state index contributed by atoms with van der Waals surface area (Å²) >= 11 is 1.74. The van der Waals surface area contributed by atoms with E-state index in [1.807, 2.05) is 0 Å². The first kappa shape index (κ1) is 16.1. The Morgan fingerprint density at radius 3 is 2.67 bits per heavy atom. The highest BCUT2D eigenvalue weighted by Crippen LogP contribution is 2.18. The molecule has 0 saturated carbocycles. The summed E-state index contributed by atoms with van der Waals surface area (Å²) in [6, 6.07) is 6.59. The van der Waals surface area contributed by atoms with E-state index in [2.05, 4.69) is 61.4 Å². The van der Waals surface area contributed by atoms with Gasteiger partial charge in [0.05, 0.1) is 0 Å². The lowest BCUT2D eigenvalue weighted by Gasteiger charge is -2.05. The zero-order chi connectivity index (χ0) is 15.2. The van der Waals surface area contributed by atoms with Crippen LogP contribution in [0.5, 0.6) is 0 Å². The predicted octanol–water partition coefficient (Wildman–Crippen LogP) is 3.53. The molecule has 2 rings (SSSR count). The number of nitrogens with one attached hydrogen (secondary N) is 1. The average Bonchev–Trinajstić information content (AvgIpc) is 2.86. The van der Waals surface area contributed by atoms with Crippen LogP contribution in [0.4, 0.5) is 0 Å². The van der Waals surface area contributed by atoms with E-state index < -0.39 is 0 Å². The number of hydrogen-bond donors (Lipinski definition) is 1. The van der Waals surface area contributed by atoms with E-state index in [0.717, 1.165) is 35.9 Å². The van der Waals surface area contributed by atoms with Crippen molar-refractivity contribution in [1.82, 2.24) is 15.5 Å². The fourth-order valence-electron chi connectivity index (χ4n) is 2.20. The maximum absolute atomic E-state index is 4.34. The van der Waals surface area contributed by atoms with Crippen LogP contribution in [-0.2, 0) is 12.8 Å². The molecule has 114 valence electrons. The Labute approximate surface area is 131 Å². The van der Waals surface area contributed by atoms with Crippen LogP contribution in [-0.4, -0.2) is 23.3 Å². The van der Waals surface area contributed by atoms with Gasteiger partial charge in [-0.15, -0.1) is 21.5 Å². The van der Waals surface area contributed by atoms with E-state index in [-0.39, 0.29) is 0 Å². The third-order valence-electron chi connectivity index (χ3n) is 3.42. The Morgan fingerprint density at radius 2 is 1.90 bits per heavy atom. The molecular weight excluding hydrogens is 278 g/mol. The second-order valence-corrected chi connectivity index (χ2v) is 7.19. The van der Waals surface area contributed by atoms with Crippen LogP contribution in [0.3, 0.4) is 0 Å². The summed E-state index contributed by atoms with van der Waals surface area (Å²) in [4.78, 5) is 0. The molecule has 0 aliphatic heterocycles. The molecule has 1 aromatic carbocycles. The molecule has 3 nitrogen and oxygen atoms in total. The second-order valence-electron chi connectivity index (χ2n) is 6.04. The van der Waals surface area contributed by atoms with Gasteiger partial charge in [-0.1, -0.05) is 37.6 Å². The third kappa shape index (κ3) is 5.21. The minimum absolute atomic E-state index is 0.694. The highest BCUT2D eigenvalue weighted by atomic mass is 32.1. The molecule has 1 N–H and O–H groups in total. The summed E-state index contributed by atoms with van der Waals surface area (Å²) in [6.45, 7) is 10.8. The van der Waals surface area contributed by atoms with Crippen LogP contribution in [0, 0.1) is 19.8 Å². The summed E-state index contributed by atoms with van der Waals surface area (Å²) in [5.74, 6) is 0.694. The van der Waals surface area contributed by atoms with Gasteiger partial charge >= 0.3 is 0 Å². The molecule has 0 unspecified atom stereocenters. The first-order valence-electron chi connectivity index (χ1n) is 7.62. The molecule has 0 bridgehead atoms. The first-order chi connectivity index (χ1) is 10.0. The van der Waals surface area contributed by atoms with Gasteiger partial charge in [0.2, 0.25) is 0 Å². The monoisotopic (exact) mass is 303 g/mol. The van der Waals surface area contributed by atoms with Crippen LogP contribution in [0.15, 0.2) is 18.2 Å². The Morgan fingerprint density at radius 1 is 1.14 bits per heavy atom. The van der Waals surface area contributed by atoms with Crippen molar-refractivity contribution in [2.24, 2.45) is 5.92 Å². The molecule has 1 aromatic heterocycles. The smallest absolute Gasteiger partial charge is 0.121 e. The van der Waals surface area contributed by atoms with Gasteiger partial charge in [-0.3, -0.25) is 0 Å². The molecule has 0 saturated heterocycles. The van der Waals surface area contributed by atoms with Crippen molar-refractivity contribution in [3.05, 3.63) is 44.9 Å². The van der Waals surface area contributed by atoms with E-state index in [1.54, 1.807) is 11.3 Å². The lowest BCUT2D eigenvalue weighted by molar-refractivity contribution is 0.553. The molecule has 1 heterocycles. The average molecular weight is 303 g/mol. The van der Waals surface area contributed by atoms with Gasteiger partial charge in [-0.25, -0.2) is 0 Å². The van der Waals surface area contributed by atoms with Crippen LogP contribution >= 0.6 is 11.3 Å². The lowest BCUT2D eigenvalue weighted by atomic mass is 10.0.